The number of nitrogens with zero attached hydrogens (tertiary/aromatic N) is 1. The van der Waals surface area contributed by atoms with Crippen molar-refractivity contribution < 1.29 is 4.79 Å². The molecule has 1 aliphatic heterocycles. The van der Waals surface area contributed by atoms with Crippen molar-refractivity contribution in [3.8, 4) is 0 Å². The van der Waals surface area contributed by atoms with Gasteiger partial charge in [0.25, 0.3) is 5.91 Å². The molecule has 3 rings (SSSR count). The quantitative estimate of drug-likeness (QED) is 0.746. The third kappa shape index (κ3) is 3.61. The van der Waals surface area contributed by atoms with E-state index in [-0.39, 0.29) is 5.91 Å². The van der Waals surface area contributed by atoms with Crippen molar-refractivity contribution in [2.24, 2.45) is 4.99 Å². The lowest BCUT2D eigenvalue weighted by Crippen LogP contribution is -2.19. The number of para-hydroxylation sites is 1. The zero-order valence-electron chi connectivity index (χ0n) is 12.1. The Labute approximate surface area is 148 Å². The van der Waals surface area contributed by atoms with E-state index in [1.54, 1.807) is 24.3 Å². The van der Waals surface area contributed by atoms with Crippen LogP contribution in [0.2, 0.25) is 10.0 Å². The number of amides is 1. The number of carbonyl (C=O) groups is 1. The van der Waals surface area contributed by atoms with Crippen LogP contribution in [0.5, 0.6) is 0 Å². The predicted octanol–water partition coefficient (Wildman–Crippen LogP) is 5.19. The SMILES string of the molecule is Cc1ccccc1N=C1NC(=O)/C(=C/c2c(Cl)cccc2Cl)S1. The van der Waals surface area contributed by atoms with Crippen molar-refractivity contribution in [1.82, 2.24) is 5.32 Å². The number of carbonyl (C=O) groups excluding carboxylic acids is 1. The summed E-state index contributed by atoms with van der Waals surface area (Å²) in [6, 6.07) is 13.0. The summed E-state index contributed by atoms with van der Waals surface area (Å²) in [5.74, 6) is -0.210. The number of amidine groups is 1. The molecule has 2 aromatic carbocycles. The van der Waals surface area contributed by atoms with Crippen LogP contribution in [0.4, 0.5) is 5.69 Å². The highest BCUT2D eigenvalue weighted by atomic mass is 35.5. The van der Waals surface area contributed by atoms with Gasteiger partial charge in [-0.25, -0.2) is 4.99 Å². The molecule has 0 radical (unpaired) electrons. The molecule has 0 aliphatic carbocycles. The predicted molar refractivity (Wildman–Crippen MR) is 98.4 cm³/mol. The molecule has 1 saturated heterocycles. The molecule has 1 fully saturated rings. The molecule has 0 saturated carbocycles. The Morgan fingerprint density at radius 2 is 1.78 bits per heavy atom. The number of rotatable bonds is 2. The van der Waals surface area contributed by atoms with E-state index < -0.39 is 0 Å². The van der Waals surface area contributed by atoms with Crippen LogP contribution in [0, 0.1) is 6.92 Å². The molecule has 3 nitrogen and oxygen atoms in total. The van der Waals surface area contributed by atoms with Gasteiger partial charge >= 0.3 is 0 Å². The first kappa shape index (κ1) is 16.1. The molecule has 6 heteroatoms. The second kappa shape index (κ2) is 6.79. The molecule has 0 spiro atoms. The third-order valence-electron chi connectivity index (χ3n) is 3.26. The summed E-state index contributed by atoms with van der Waals surface area (Å²) in [5.41, 5.74) is 2.50. The van der Waals surface area contributed by atoms with E-state index in [2.05, 4.69) is 10.3 Å². The molecule has 0 bridgehead atoms. The Bertz CT molecular complexity index is 826. The van der Waals surface area contributed by atoms with Crippen molar-refractivity contribution in [3.63, 3.8) is 0 Å². The Morgan fingerprint density at radius 3 is 2.48 bits per heavy atom. The van der Waals surface area contributed by atoms with Gasteiger partial charge in [-0.3, -0.25) is 4.79 Å². The third-order valence-corrected chi connectivity index (χ3v) is 4.83. The lowest BCUT2D eigenvalue weighted by atomic mass is 10.2. The molecule has 1 N–H and O–H groups in total. The van der Waals surface area contributed by atoms with Gasteiger partial charge in [0.1, 0.15) is 0 Å². The molecular weight excluding hydrogens is 351 g/mol. The number of thioether (sulfide) groups is 1. The zero-order valence-corrected chi connectivity index (χ0v) is 14.5. The summed E-state index contributed by atoms with van der Waals surface area (Å²) in [6.45, 7) is 1.97. The number of halogens is 2. The van der Waals surface area contributed by atoms with Gasteiger partial charge in [-0.2, -0.15) is 0 Å². The molecule has 0 unspecified atom stereocenters. The lowest BCUT2D eigenvalue weighted by Gasteiger charge is -2.01. The van der Waals surface area contributed by atoms with Crippen molar-refractivity contribution in [3.05, 3.63) is 68.5 Å². The minimum Gasteiger partial charge on any atom is -0.300 e. The zero-order chi connectivity index (χ0) is 16.4. The van der Waals surface area contributed by atoms with E-state index in [0.717, 1.165) is 11.3 Å². The van der Waals surface area contributed by atoms with Crippen LogP contribution < -0.4 is 5.32 Å². The van der Waals surface area contributed by atoms with Crippen LogP contribution in [0.15, 0.2) is 52.4 Å². The number of nitrogens with one attached hydrogen (secondary N) is 1. The van der Waals surface area contributed by atoms with Gasteiger partial charge < -0.3 is 5.32 Å². The Morgan fingerprint density at radius 1 is 1.09 bits per heavy atom. The van der Waals surface area contributed by atoms with Crippen LogP contribution in [0.25, 0.3) is 6.08 Å². The minimum atomic E-state index is -0.210. The normalized spacial score (nSPS) is 17.8. The molecule has 116 valence electrons. The van der Waals surface area contributed by atoms with Crippen LogP contribution in [-0.4, -0.2) is 11.1 Å². The maximum atomic E-state index is 12.1. The fourth-order valence-corrected chi connectivity index (χ4v) is 3.38. The fourth-order valence-electron chi connectivity index (χ4n) is 2.06. The second-order valence-electron chi connectivity index (χ2n) is 4.90. The fraction of sp³-hybridized carbons (Fsp3) is 0.0588. The van der Waals surface area contributed by atoms with Gasteiger partial charge in [-0.1, -0.05) is 47.5 Å². The van der Waals surface area contributed by atoms with Gasteiger partial charge in [0.15, 0.2) is 5.17 Å². The number of aliphatic imine (C=N–C) groups is 1. The molecule has 0 atom stereocenters. The summed E-state index contributed by atoms with van der Waals surface area (Å²) >= 11 is 13.6. The Kier molecular flexibility index (Phi) is 4.76. The summed E-state index contributed by atoms with van der Waals surface area (Å²) in [7, 11) is 0. The Hall–Kier alpha value is -1.75. The maximum Gasteiger partial charge on any atom is 0.264 e. The van der Waals surface area contributed by atoms with Crippen LogP contribution in [0.3, 0.4) is 0 Å². The largest absolute Gasteiger partial charge is 0.300 e. The first-order valence-corrected chi connectivity index (χ1v) is 8.41. The van der Waals surface area contributed by atoms with Gasteiger partial charge in [0, 0.05) is 15.6 Å². The summed E-state index contributed by atoms with van der Waals surface area (Å²) in [5, 5.41) is 4.30. The van der Waals surface area contributed by atoms with Crippen molar-refractivity contribution in [2.45, 2.75) is 6.92 Å². The maximum absolute atomic E-state index is 12.1. The van der Waals surface area contributed by atoms with Gasteiger partial charge in [-0.15, -0.1) is 0 Å². The van der Waals surface area contributed by atoms with Gasteiger partial charge in [-0.05, 0) is 48.5 Å². The second-order valence-corrected chi connectivity index (χ2v) is 6.75. The first-order valence-electron chi connectivity index (χ1n) is 6.84. The smallest absolute Gasteiger partial charge is 0.264 e. The molecule has 2 aromatic rings. The van der Waals surface area contributed by atoms with Crippen LogP contribution >= 0.6 is 35.0 Å². The van der Waals surface area contributed by atoms with E-state index in [9.17, 15) is 4.79 Å². The molecule has 0 aromatic heterocycles. The van der Waals surface area contributed by atoms with Gasteiger partial charge in [0.2, 0.25) is 0 Å². The molecule has 1 aliphatic rings. The molecule has 1 heterocycles. The minimum absolute atomic E-state index is 0.210. The van der Waals surface area contributed by atoms with E-state index in [0.29, 0.717) is 25.7 Å². The lowest BCUT2D eigenvalue weighted by molar-refractivity contribution is -0.115. The number of hydrogen-bond donors (Lipinski definition) is 1. The highest BCUT2D eigenvalue weighted by molar-refractivity contribution is 8.18. The molecule has 23 heavy (non-hydrogen) atoms. The van der Waals surface area contributed by atoms with Crippen molar-refractivity contribution in [2.75, 3.05) is 0 Å². The highest BCUT2D eigenvalue weighted by Crippen LogP contribution is 2.33. The Balaban J connectivity index is 1.91. The van der Waals surface area contributed by atoms with E-state index in [1.165, 1.54) is 11.8 Å². The van der Waals surface area contributed by atoms with Crippen LogP contribution in [-0.2, 0) is 4.79 Å². The first-order chi connectivity index (χ1) is 11.0. The number of benzene rings is 2. The average Bonchev–Trinajstić information content (AvgIpc) is 2.85. The summed E-state index contributed by atoms with van der Waals surface area (Å²) in [4.78, 5) is 17.1. The molecular formula is C17H12Cl2N2OS. The van der Waals surface area contributed by atoms with Crippen molar-refractivity contribution >= 4 is 57.8 Å². The van der Waals surface area contributed by atoms with Gasteiger partial charge in [0.05, 0.1) is 10.6 Å². The van der Waals surface area contributed by atoms with E-state index in [4.69, 9.17) is 23.2 Å². The molecule has 1 amide bonds. The number of hydrogen-bond acceptors (Lipinski definition) is 3. The summed E-state index contributed by atoms with van der Waals surface area (Å²) in [6.07, 6.45) is 1.69. The average molecular weight is 363 g/mol. The standard InChI is InChI=1S/C17H12Cl2N2OS/c1-10-5-2-3-8-14(10)20-17-21-16(22)15(23-17)9-11-12(18)6-4-7-13(11)19/h2-9H,1H3,(H,20,21,22)/b15-9-. The van der Waals surface area contributed by atoms with Crippen molar-refractivity contribution in [1.29, 1.82) is 0 Å². The summed E-state index contributed by atoms with van der Waals surface area (Å²) < 4.78 is 0. The monoisotopic (exact) mass is 362 g/mol. The number of aryl methyl sites for hydroxylation is 1. The highest BCUT2D eigenvalue weighted by Gasteiger charge is 2.24. The topological polar surface area (TPSA) is 41.5 Å². The van der Waals surface area contributed by atoms with E-state index >= 15 is 0 Å². The van der Waals surface area contributed by atoms with Crippen LogP contribution in [0.1, 0.15) is 11.1 Å². The van der Waals surface area contributed by atoms with E-state index in [1.807, 2.05) is 31.2 Å².